The van der Waals surface area contributed by atoms with Gasteiger partial charge in [-0.15, -0.1) is 0 Å². The fourth-order valence-electron chi connectivity index (χ4n) is 7.13. The van der Waals surface area contributed by atoms with Crippen molar-refractivity contribution in [1.29, 1.82) is 0 Å². The lowest BCUT2D eigenvalue weighted by molar-refractivity contribution is -0.122. The van der Waals surface area contributed by atoms with Gasteiger partial charge in [-0.25, -0.2) is 0 Å². The molecule has 0 saturated carbocycles. The number of hydrogen-bond acceptors (Lipinski definition) is 6. The molecule has 0 radical (unpaired) electrons. The van der Waals surface area contributed by atoms with Crippen LogP contribution in [0.5, 0.6) is 11.5 Å². The maximum atomic E-state index is 14.0. The second-order valence-corrected chi connectivity index (χ2v) is 11.9. The molecule has 2 amide bonds. The van der Waals surface area contributed by atoms with E-state index < -0.39 is 25.1 Å². The number of rotatable bonds is 10. The first-order chi connectivity index (χ1) is 21.4. The number of ether oxygens (including phenoxy) is 1. The van der Waals surface area contributed by atoms with Crippen LogP contribution in [0, 0.1) is 17.8 Å². The monoisotopic (exact) mass is 591 g/mol. The fourth-order valence-corrected chi connectivity index (χ4v) is 7.13. The third kappa shape index (κ3) is 6.23. The Morgan fingerprint density at radius 3 is 2.36 bits per heavy atom. The highest BCUT2D eigenvalue weighted by Crippen LogP contribution is 2.51. The average molecular weight is 592 g/mol. The Kier molecular flexibility index (Phi) is 9.00. The molecule has 1 aliphatic carbocycles. The van der Waals surface area contributed by atoms with E-state index in [4.69, 9.17) is 9.39 Å². The van der Waals surface area contributed by atoms with Crippen LogP contribution < -0.4 is 9.64 Å². The Morgan fingerprint density at radius 2 is 1.66 bits per heavy atom. The van der Waals surface area contributed by atoms with E-state index in [2.05, 4.69) is 13.0 Å². The summed E-state index contributed by atoms with van der Waals surface area (Å²) in [5, 5.41) is 20.7. The first kappa shape index (κ1) is 29.9. The molecular weight excluding hydrogens is 553 g/mol. The number of imide groups is 1. The number of phenolic OH excluding ortho intramolecular Hbond substituents is 1. The van der Waals surface area contributed by atoms with E-state index in [0.717, 1.165) is 41.7 Å². The molecule has 3 aromatic carbocycles. The number of phenols is 1. The molecule has 44 heavy (non-hydrogen) atoms. The first-order valence-corrected chi connectivity index (χ1v) is 15.6. The van der Waals surface area contributed by atoms with Crippen LogP contribution >= 0.6 is 0 Å². The molecule has 226 valence electrons. The van der Waals surface area contributed by atoms with E-state index in [1.165, 1.54) is 10.5 Å². The SMILES string of the molecule is CCC/C(=C\c1ccc(O)cc1)CC[C@H]1OB(O)C[C@H]2C1=C(COc1ccccc1)C[C@H]1C(=O)N(c3ccccc3)C(=O)[C@H]12. The Hall–Kier alpha value is -4.14. The molecule has 4 atom stereocenters. The summed E-state index contributed by atoms with van der Waals surface area (Å²) >= 11 is 0. The van der Waals surface area contributed by atoms with Gasteiger partial charge in [0.1, 0.15) is 18.1 Å². The summed E-state index contributed by atoms with van der Waals surface area (Å²) in [6.07, 6.45) is 5.68. The van der Waals surface area contributed by atoms with Crippen LogP contribution in [-0.4, -0.2) is 41.8 Å². The average Bonchev–Trinajstić information content (AvgIpc) is 3.29. The third-order valence-corrected chi connectivity index (χ3v) is 9.04. The van der Waals surface area contributed by atoms with Gasteiger partial charge in [0.15, 0.2) is 0 Å². The van der Waals surface area contributed by atoms with E-state index >= 15 is 0 Å². The molecule has 7 nitrogen and oxygen atoms in total. The standard InChI is InChI=1S/C36H38BNO6/c1-2-9-24(20-25-14-17-28(39)18-15-25)16-19-32-33-26(23-43-29-12-7-4-8-13-29)21-30-34(31(33)22-37(42)44-32)36(41)38(35(30)40)27-10-5-3-6-11-27/h3-8,10-15,17-18,20,30-32,34,39,42H,2,9,16,19,21-23H2,1H3/b24-20+/t30-,31+,32-,34-/m1/s1. The summed E-state index contributed by atoms with van der Waals surface area (Å²) in [5.41, 5.74) is 4.82. The summed E-state index contributed by atoms with van der Waals surface area (Å²) in [6.45, 7) is 2.43. The molecule has 0 aromatic heterocycles. The maximum absolute atomic E-state index is 14.0. The van der Waals surface area contributed by atoms with Gasteiger partial charge < -0.3 is 19.5 Å². The van der Waals surface area contributed by atoms with Crippen molar-refractivity contribution < 1.29 is 29.1 Å². The van der Waals surface area contributed by atoms with Gasteiger partial charge in [0, 0.05) is 0 Å². The molecular formula is C36H38BNO6. The van der Waals surface area contributed by atoms with Gasteiger partial charge >= 0.3 is 7.12 Å². The van der Waals surface area contributed by atoms with E-state index in [-0.39, 0.29) is 36.4 Å². The van der Waals surface area contributed by atoms with Gasteiger partial charge in [0.2, 0.25) is 11.8 Å². The smallest absolute Gasteiger partial charge is 0.455 e. The molecule has 0 bridgehead atoms. The summed E-state index contributed by atoms with van der Waals surface area (Å²) in [4.78, 5) is 29.1. The minimum atomic E-state index is -1.03. The van der Waals surface area contributed by atoms with Crippen molar-refractivity contribution in [3.8, 4) is 11.5 Å². The molecule has 2 aliphatic heterocycles. The molecule has 2 heterocycles. The third-order valence-electron chi connectivity index (χ3n) is 9.04. The lowest BCUT2D eigenvalue weighted by Crippen LogP contribution is -2.46. The lowest BCUT2D eigenvalue weighted by atomic mass is 9.58. The lowest BCUT2D eigenvalue weighted by Gasteiger charge is -2.43. The highest BCUT2D eigenvalue weighted by molar-refractivity contribution is 6.43. The van der Waals surface area contributed by atoms with E-state index in [0.29, 0.717) is 18.5 Å². The van der Waals surface area contributed by atoms with E-state index in [1.54, 1.807) is 24.3 Å². The summed E-state index contributed by atoms with van der Waals surface area (Å²) in [7, 11) is -1.03. The predicted molar refractivity (Wildman–Crippen MR) is 171 cm³/mol. The van der Waals surface area contributed by atoms with Crippen molar-refractivity contribution in [2.45, 2.75) is 51.5 Å². The molecule has 0 unspecified atom stereocenters. The van der Waals surface area contributed by atoms with Gasteiger partial charge in [-0.1, -0.05) is 73.5 Å². The maximum Gasteiger partial charge on any atom is 0.455 e. The Morgan fingerprint density at radius 1 is 0.955 bits per heavy atom. The van der Waals surface area contributed by atoms with E-state index in [9.17, 15) is 19.7 Å². The number of carbonyl (C=O) groups excluding carboxylic acids is 2. The molecule has 3 aliphatic rings. The number of allylic oxidation sites excluding steroid dienone is 1. The zero-order chi connectivity index (χ0) is 30.6. The van der Waals surface area contributed by atoms with Crippen LogP contribution in [0.4, 0.5) is 5.69 Å². The summed E-state index contributed by atoms with van der Waals surface area (Å²) < 4.78 is 12.5. The molecule has 2 N–H and O–H groups in total. The molecule has 3 aromatic rings. The number of carbonyl (C=O) groups is 2. The summed E-state index contributed by atoms with van der Waals surface area (Å²) in [5.74, 6) is -0.824. The number of amides is 2. The van der Waals surface area contributed by atoms with Crippen molar-refractivity contribution in [3.05, 3.63) is 107 Å². The molecule has 2 saturated heterocycles. The minimum absolute atomic E-state index is 0.193. The highest BCUT2D eigenvalue weighted by Gasteiger charge is 2.57. The van der Waals surface area contributed by atoms with Crippen LogP contribution in [0.3, 0.4) is 0 Å². The highest BCUT2D eigenvalue weighted by atomic mass is 16.5. The zero-order valence-electron chi connectivity index (χ0n) is 25.0. The molecule has 0 spiro atoms. The minimum Gasteiger partial charge on any atom is -0.508 e. The van der Waals surface area contributed by atoms with Crippen molar-refractivity contribution in [2.75, 3.05) is 11.5 Å². The number of para-hydroxylation sites is 2. The number of fused-ring (bicyclic) bond motifs is 3. The molecule has 6 rings (SSSR count). The topological polar surface area (TPSA) is 96.3 Å². The van der Waals surface area contributed by atoms with Crippen LogP contribution in [-0.2, 0) is 14.2 Å². The number of hydrogen-bond donors (Lipinski definition) is 2. The zero-order valence-corrected chi connectivity index (χ0v) is 25.0. The predicted octanol–water partition coefficient (Wildman–Crippen LogP) is 6.44. The van der Waals surface area contributed by atoms with Crippen LogP contribution in [0.25, 0.3) is 6.08 Å². The Balaban J connectivity index is 1.32. The largest absolute Gasteiger partial charge is 0.508 e. The number of benzene rings is 3. The molecule has 8 heteroatoms. The van der Waals surface area contributed by atoms with Gasteiger partial charge in [-0.3, -0.25) is 14.5 Å². The number of nitrogens with zero attached hydrogens (tertiary/aromatic N) is 1. The molecule has 2 fully saturated rings. The van der Waals surface area contributed by atoms with Crippen molar-refractivity contribution in [1.82, 2.24) is 0 Å². The van der Waals surface area contributed by atoms with Crippen molar-refractivity contribution >= 4 is 30.7 Å². The van der Waals surface area contributed by atoms with Gasteiger partial charge in [-0.2, -0.15) is 0 Å². The van der Waals surface area contributed by atoms with Gasteiger partial charge in [-0.05, 0) is 91.0 Å². The van der Waals surface area contributed by atoms with Crippen LogP contribution in [0.15, 0.2) is 102 Å². The van der Waals surface area contributed by atoms with Gasteiger partial charge in [0.05, 0.1) is 23.6 Å². The first-order valence-electron chi connectivity index (χ1n) is 15.6. The quantitative estimate of drug-likeness (QED) is 0.160. The fraction of sp³-hybridized carbons (Fsp3) is 0.333. The van der Waals surface area contributed by atoms with Crippen molar-refractivity contribution in [3.63, 3.8) is 0 Å². The second kappa shape index (κ2) is 13.2. The van der Waals surface area contributed by atoms with E-state index in [1.807, 2.05) is 60.7 Å². The van der Waals surface area contributed by atoms with Crippen LogP contribution in [0.1, 0.15) is 44.6 Å². The van der Waals surface area contributed by atoms with Crippen LogP contribution in [0.2, 0.25) is 6.32 Å². The summed E-state index contributed by atoms with van der Waals surface area (Å²) in [6, 6.07) is 25.8. The number of anilines is 1. The Bertz CT molecular complexity index is 1540. The van der Waals surface area contributed by atoms with Gasteiger partial charge in [0.25, 0.3) is 0 Å². The normalized spacial score (nSPS) is 23.5. The Labute approximate surface area is 259 Å². The van der Waals surface area contributed by atoms with Crippen molar-refractivity contribution in [2.24, 2.45) is 17.8 Å². The number of aromatic hydroxyl groups is 1. The second-order valence-electron chi connectivity index (χ2n) is 11.9.